The van der Waals surface area contributed by atoms with Crippen molar-refractivity contribution in [2.75, 3.05) is 230 Å². The van der Waals surface area contributed by atoms with Crippen LogP contribution >= 0.6 is 73.3 Å². The molecular formula is C97H133FN30O8S6. The molecule has 12 aliphatic heterocycles. The number of nitrogens with one attached hydrogen (secondary N) is 6. The number of hydrazone groups is 6. The van der Waals surface area contributed by atoms with E-state index in [0.29, 0.717) is 122 Å². The Balaban J connectivity index is 0.000000135. The fourth-order valence-electron chi connectivity index (χ4n) is 17.5. The third kappa shape index (κ3) is 29.2. The van der Waals surface area contributed by atoms with Crippen LogP contribution in [0, 0.1) is 41.5 Å². The summed E-state index contributed by atoms with van der Waals surface area (Å²) >= 11 is 32.8. The summed E-state index contributed by atoms with van der Waals surface area (Å²) in [5, 5.41) is 39.8. The lowest BCUT2D eigenvalue weighted by molar-refractivity contribution is -0.130. The van der Waals surface area contributed by atoms with E-state index in [1.807, 2.05) is 93.9 Å². The molecule has 0 radical (unpaired) electrons. The number of aliphatic hydroxyl groups excluding tert-OH is 1. The average Bonchev–Trinajstić information content (AvgIpc) is 1.79. The third-order valence-corrected chi connectivity index (χ3v) is 28.4. The second kappa shape index (κ2) is 53.3. The first-order valence-electron chi connectivity index (χ1n) is 48.9. The average molecular weight is 2060 g/mol. The third-order valence-electron chi connectivity index (χ3n) is 26.3. The number of carbonyl (C=O) groups excluding carboxylic acids is 1. The van der Waals surface area contributed by atoms with Gasteiger partial charge in [-0.1, -0.05) is 13.5 Å². The van der Waals surface area contributed by atoms with Crippen molar-refractivity contribution in [3.8, 4) is 34.5 Å². The van der Waals surface area contributed by atoms with E-state index in [-0.39, 0.29) is 19.2 Å². The zero-order valence-electron chi connectivity index (χ0n) is 82.6. The topological polar surface area (TPSA) is 355 Å². The molecule has 1 saturated carbocycles. The summed E-state index contributed by atoms with van der Waals surface area (Å²) in [4.78, 5) is 63.9. The van der Waals surface area contributed by atoms with Crippen molar-refractivity contribution in [3.63, 3.8) is 0 Å². The Morgan fingerprint density at radius 3 is 0.817 bits per heavy atom. The number of likely N-dealkylation sites (N-methyl/N-ethyl adjacent to an activating group) is 1. The van der Waals surface area contributed by atoms with E-state index in [1.165, 1.54) is 12.8 Å². The van der Waals surface area contributed by atoms with E-state index in [1.54, 1.807) is 44.1 Å². The summed E-state index contributed by atoms with van der Waals surface area (Å²) in [5.41, 5.74) is 34.6. The molecule has 1 amide bonds. The molecule has 6 saturated heterocycles. The molecule has 45 heteroatoms. The highest BCUT2D eigenvalue weighted by atomic mass is 32.1. The predicted octanol–water partition coefficient (Wildman–Crippen LogP) is 7.05. The Bertz CT molecular complexity index is 5480. The number of amides is 1. The highest BCUT2D eigenvalue weighted by Gasteiger charge is 2.34. The van der Waals surface area contributed by atoms with Crippen molar-refractivity contribution in [1.29, 1.82) is 0 Å². The number of thiocarbonyl (C=S) groups is 6. The molecule has 142 heavy (non-hydrogen) atoms. The summed E-state index contributed by atoms with van der Waals surface area (Å²) in [7, 11) is 0. The molecule has 19 rings (SSSR count). The number of rotatable bonds is 13. The van der Waals surface area contributed by atoms with Gasteiger partial charge in [0, 0.05) is 259 Å². The normalized spacial score (nSPS) is 20.1. The quantitative estimate of drug-likeness (QED) is 0.0450. The summed E-state index contributed by atoms with van der Waals surface area (Å²) < 4.78 is 46.6. The van der Waals surface area contributed by atoms with Crippen molar-refractivity contribution < 1.29 is 42.7 Å². The molecule has 0 aromatic carbocycles. The number of hydrogen-bond donors (Lipinski definition) is 7. The minimum atomic E-state index is -0.301. The Morgan fingerprint density at radius 2 is 0.592 bits per heavy atom. The van der Waals surface area contributed by atoms with E-state index < -0.39 is 0 Å². The van der Waals surface area contributed by atoms with E-state index in [4.69, 9.17) is 107 Å². The molecule has 18 heterocycles. The van der Waals surface area contributed by atoms with Crippen LogP contribution in [0.1, 0.15) is 133 Å². The number of piperazine rings is 6. The monoisotopic (exact) mass is 2060 g/mol. The number of aryl methyl sites for hydroxylation is 6. The summed E-state index contributed by atoms with van der Waals surface area (Å²) in [6.45, 7) is 46.8. The summed E-state index contributed by atoms with van der Waals surface area (Å²) in [5.74, 6) is 5.02. The second-order valence-electron chi connectivity index (χ2n) is 35.7. The van der Waals surface area contributed by atoms with Gasteiger partial charge in [0.2, 0.25) is 5.91 Å². The number of alkyl halides is 1. The van der Waals surface area contributed by atoms with Crippen molar-refractivity contribution in [2.45, 2.75) is 113 Å². The lowest BCUT2D eigenvalue weighted by Gasteiger charge is -2.35. The van der Waals surface area contributed by atoms with Crippen LogP contribution in [-0.4, -0.2) is 400 Å². The van der Waals surface area contributed by atoms with Crippen LogP contribution in [0.15, 0.2) is 117 Å². The van der Waals surface area contributed by atoms with Gasteiger partial charge in [-0.05, 0) is 210 Å². The van der Waals surface area contributed by atoms with Crippen molar-refractivity contribution in [2.24, 2.45) is 30.6 Å². The van der Waals surface area contributed by atoms with E-state index in [2.05, 4.69) is 156 Å². The van der Waals surface area contributed by atoms with Crippen LogP contribution < -0.4 is 61.0 Å². The first kappa shape index (κ1) is 106. The molecule has 6 aromatic heterocycles. The molecule has 38 nitrogen and oxygen atoms in total. The molecule has 13 aliphatic rings. The number of β-amino-alcohol motifs (C(OH)–C–C–N with tert-alkyl or cyclic N) is 1. The molecule has 762 valence electrons. The highest BCUT2D eigenvalue weighted by Crippen LogP contribution is 2.34. The smallest absolute Gasteiger partial charge is 0.219 e. The number of pyridine rings is 6. The van der Waals surface area contributed by atoms with Crippen LogP contribution in [0.5, 0.6) is 34.5 Å². The van der Waals surface area contributed by atoms with E-state index in [9.17, 15) is 9.18 Å². The van der Waals surface area contributed by atoms with Crippen LogP contribution in [0.3, 0.4) is 0 Å². The number of aliphatic hydroxyl groups is 1. The Labute approximate surface area is 863 Å². The molecule has 0 bridgehead atoms. The number of hydrogen-bond acceptors (Lipinski definition) is 31. The standard InChI is InChI=1S/C17H23N5OS.C16H22FN5OS.C16H21N5O2S.C16H23N5O2S.C16H23N5OS.C16H21N5OS/c1-12-4-6-18-15-14(5-11-23-16(12)15)19-20-17(24)22-9-7-21(8-10-22)13-2-3-13;1-12-2-5-18-14-13(3-11-23-15(12)14)19-20-16(24)22-9-7-21(6-4-17)8-10-22;1-11-3-5-17-14-13(4-10-23-15(11)14)18-19-16(24)21-8-6-20(7-9-21)12(2)22;1-12-2-4-17-14-13(3-11-23-15(12)14)18-19-16(24)21-7-5-20(6-8-21)9-10-22;2*1-3-20-7-9-21(10-8-20)16(23)19-18-13-5-11-22-15-12(2)4-6-17-14(13)15/h4,6,13H,2-3,5,7-11H2,1H3,(H,20,24);2,5H,3-4,6-11H2,1H3,(H,20,24);3,5H,4,6-10H2,1-2H3,(H,19,24);2,4,22H,3,5-11H2,1H3,(H,19,24);4,6H,3,5,7-11H2,1-2H3,(H,19,23);3-4,6H,1,5,7-11H2,2H3,(H,19,23)/b19-14-;19-13-;4*18-13-. The van der Waals surface area contributed by atoms with Crippen LogP contribution in [0.2, 0.25) is 0 Å². The van der Waals surface area contributed by atoms with Gasteiger partial charge >= 0.3 is 0 Å². The van der Waals surface area contributed by atoms with Gasteiger partial charge in [0.15, 0.2) is 30.7 Å². The van der Waals surface area contributed by atoms with Gasteiger partial charge in [0.1, 0.15) is 75.3 Å². The van der Waals surface area contributed by atoms with Gasteiger partial charge in [-0.15, -0.1) is 0 Å². The lowest BCUT2D eigenvalue weighted by atomic mass is 10.1. The zero-order valence-corrected chi connectivity index (χ0v) is 87.5. The molecular weight excluding hydrogens is 1920 g/mol. The van der Waals surface area contributed by atoms with Crippen molar-refractivity contribution in [3.05, 3.63) is 154 Å². The maximum atomic E-state index is 12.4. The predicted molar refractivity (Wildman–Crippen MR) is 574 cm³/mol. The van der Waals surface area contributed by atoms with Gasteiger partial charge in [0.05, 0.1) is 80.5 Å². The van der Waals surface area contributed by atoms with Gasteiger partial charge in [-0.2, -0.15) is 30.6 Å². The lowest BCUT2D eigenvalue weighted by Crippen LogP contribution is -2.52. The highest BCUT2D eigenvalue weighted by molar-refractivity contribution is 7.81. The fourth-order valence-corrected chi connectivity index (χ4v) is 18.9. The first-order chi connectivity index (χ1) is 69.0. The maximum absolute atomic E-state index is 12.4. The zero-order chi connectivity index (χ0) is 100.0. The molecule has 0 atom stereocenters. The minimum Gasteiger partial charge on any atom is -0.491 e. The number of fused-ring (bicyclic) bond motifs is 6. The van der Waals surface area contributed by atoms with Gasteiger partial charge in [-0.3, -0.25) is 82.0 Å². The number of ether oxygens (including phenoxy) is 6. The van der Waals surface area contributed by atoms with Crippen LogP contribution in [0.4, 0.5) is 4.39 Å². The Hall–Kier alpha value is -11.4. The number of carbonyl (C=O) groups is 1. The Morgan fingerprint density at radius 1 is 0.366 bits per heavy atom. The molecule has 7 fully saturated rings. The molecule has 6 aromatic rings. The van der Waals surface area contributed by atoms with Gasteiger partial charge < -0.3 is 77.6 Å². The minimum absolute atomic E-state index is 0.106. The molecule has 7 N–H and O–H groups in total. The second-order valence-corrected chi connectivity index (χ2v) is 38.0. The SMILES string of the molecule is C=CN1CCN(C(=S)N/N=C2/CCOc3c(C)ccnc32)CC1.CC(=O)N1CCN(C(=S)N/N=C2/CCOc3c(C)ccnc32)CC1.CCN1CCN(C(=S)N/N=C2/CCOc3c(C)ccnc32)CC1.Cc1ccnc2c1OCC/C2=N/NC(=S)N1CCN(C2CC2)CC1.Cc1ccnc2c1OCC/C2=N/NC(=S)N1CCN(CCF)CC1.Cc1ccnc2c1OCC/C2=N/NC(=S)N1CCN(CCO)CC1. The van der Waals surface area contributed by atoms with Crippen LogP contribution in [-0.2, 0) is 4.79 Å². The summed E-state index contributed by atoms with van der Waals surface area (Å²) in [6.07, 6.45) is 19.6. The summed E-state index contributed by atoms with van der Waals surface area (Å²) in [6, 6.07) is 12.5. The number of halogens is 1. The molecule has 1 aliphatic carbocycles. The van der Waals surface area contributed by atoms with Gasteiger partial charge in [0.25, 0.3) is 0 Å². The van der Waals surface area contributed by atoms with Crippen LogP contribution in [0.25, 0.3) is 0 Å². The number of aromatic nitrogens is 6. The fraction of sp³-hybridized carbons (Fsp3) is 0.536. The molecule has 0 spiro atoms. The van der Waals surface area contributed by atoms with Gasteiger partial charge in [-0.25, -0.2) is 4.39 Å². The largest absolute Gasteiger partial charge is 0.491 e. The molecule has 0 unspecified atom stereocenters. The first-order valence-corrected chi connectivity index (χ1v) is 51.4. The number of nitrogens with zero attached hydrogens (tertiary/aromatic N) is 24. The Kier molecular flexibility index (Phi) is 39.9. The van der Waals surface area contributed by atoms with Crippen molar-refractivity contribution >= 4 is 144 Å². The van der Waals surface area contributed by atoms with Crippen molar-refractivity contribution in [1.82, 2.24) is 121 Å². The maximum Gasteiger partial charge on any atom is 0.219 e. The van der Waals surface area contributed by atoms with E-state index >= 15 is 0 Å². The van der Waals surface area contributed by atoms with E-state index in [0.717, 1.165) is 306 Å².